The highest BCUT2D eigenvalue weighted by Gasteiger charge is 2.47. The van der Waals surface area contributed by atoms with Gasteiger partial charge < -0.3 is 4.90 Å². The van der Waals surface area contributed by atoms with Crippen LogP contribution in [0.4, 0.5) is 11.4 Å². The molecule has 122 valence electrons. The lowest BCUT2D eigenvalue weighted by Crippen LogP contribution is -3.17. The molecule has 1 N–H and O–H groups in total. The van der Waals surface area contributed by atoms with Gasteiger partial charge in [0.2, 0.25) is 5.91 Å². The van der Waals surface area contributed by atoms with Crippen molar-refractivity contribution in [2.75, 3.05) is 18.0 Å². The molecule has 1 aromatic carbocycles. The Kier molecular flexibility index (Phi) is 4.12. The van der Waals surface area contributed by atoms with Gasteiger partial charge in [0.15, 0.2) is 6.04 Å². The standard InChI is InChI=1S/C16H19N3O4/c1-11-6-8-17(9-7-11)14-10-15(20)18(16(14)21)12-4-2-3-5-13(12)19(22)23/h2-5,11,14H,6-10H2,1H3/p+1/t14-/m1/s1. The van der Waals surface area contributed by atoms with Crippen molar-refractivity contribution in [2.24, 2.45) is 5.92 Å². The molecule has 0 aromatic heterocycles. The third-order valence-corrected chi connectivity index (χ3v) is 4.88. The third-order valence-electron chi connectivity index (χ3n) is 4.88. The fourth-order valence-corrected chi connectivity index (χ4v) is 3.49. The second-order valence-corrected chi connectivity index (χ2v) is 6.41. The zero-order valence-corrected chi connectivity index (χ0v) is 13.0. The first-order chi connectivity index (χ1) is 11.0. The maximum Gasteiger partial charge on any atom is 0.293 e. The van der Waals surface area contributed by atoms with E-state index in [1.165, 1.54) is 18.2 Å². The third kappa shape index (κ3) is 2.84. The van der Waals surface area contributed by atoms with Gasteiger partial charge in [0, 0.05) is 6.07 Å². The normalized spacial score (nSPS) is 28.2. The molecule has 0 radical (unpaired) electrons. The zero-order chi connectivity index (χ0) is 16.6. The van der Waals surface area contributed by atoms with Crippen molar-refractivity contribution in [3.63, 3.8) is 0 Å². The number of hydrogen-bond acceptors (Lipinski definition) is 4. The molecule has 7 heteroatoms. The Morgan fingerprint density at radius 3 is 2.52 bits per heavy atom. The molecular weight excluding hydrogens is 298 g/mol. The molecule has 0 unspecified atom stereocenters. The van der Waals surface area contributed by atoms with Crippen LogP contribution in [0.2, 0.25) is 0 Å². The van der Waals surface area contributed by atoms with Crippen molar-refractivity contribution in [1.82, 2.24) is 0 Å². The van der Waals surface area contributed by atoms with E-state index in [2.05, 4.69) is 6.92 Å². The van der Waals surface area contributed by atoms with Gasteiger partial charge in [-0.3, -0.25) is 19.7 Å². The number of nitro groups is 1. The molecule has 0 spiro atoms. The minimum Gasteiger partial charge on any atom is -0.324 e. The molecular formula is C16H20N3O4+. The van der Waals surface area contributed by atoms with E-state index < -0.39 is 11.0 Å². The fraction of sp³-hybridized carbons (Fsp3) is 0.500. The molecule has 7 nitrogen and oxygen atoms in total. The summed E-state index contributed by atoms with van der Waals surface area (Å²) in [6.45, 7) is 3.93. The van der Waals surface area contributed by atoms with Crippen LogP contribution >= 0.6 is 0 Å². The van der Waals surface area contributed by atoms with Gasteiger partial charge in [0.05, 0.1) is 24.4 Å². The topological polar surface area (TPSA) is 85.0 Å². The number of nitro benzene ring substituents is 1. The van der Waals surface area contributed by atoms with Crippen LogP contribution in [-0.4, -0.2) is 35.9 Å². The molecule has 0 aliphatic carbocycles. The summed E-state index contributed by atoms with van der Waals surface area (Å²) in [5.41, 5.74) is -0.128. The number of hydrogen-bond donors (Lipinski definition) is 1. The zero-order valence-electron chi connectivity index (χ0n) is 13.0. The number of carbonyl (C=O) groups excluding carboxylic acids is 2. The number of likely N-dealkylation sites (tertiary alicyclic amines) is 1. The van der Waals surface area contributed by atoms with E-state index in [0.717, 1.165) is 35.7 Å². The maximum absolute atomic E-state index is 12.7. The van der Waals surface area contributed by atoms with Crippen LogP contribution in [0.3, 0.4) is 0 Å². The smallest absolute Gasteiger partial charge is 0.293 e. The Morgan fingerprint density at radius 2 is 1.87 bits per heavy atom. The highest BCUT2D eigenvalue weighted by molar-refractivity contribution is 6.22. The minimum atomic E-state index is -0.557. The number of amides is 2. The van der Waals surface area contributed by atoms with Crippen LogP contribution in [0, 0.1) is 16.0 Å². The molecule has 2 heterocycles. The summed E-state index contributed by atoms with van der Waals surface area (Å²) in [7, 11) is 0. The summed E-state index contributed by atoms with van der Waals surface area (Å²) in [5, 5.41) is 11.2. The number of nitrogens with one attached hydrogen (secondary N) is 1. The SMILES string of the molecule is CC1CC[NH+]([C@@H]2CC(=O)N(c3ccccc3[N+](=O)[O-])C2=O)CC1. The van der Waals surface area contributed by atoms with Crippen molar-refractivity contribution in [2.45, 2.75) is 32.2 Å². The first-order valence-corrected chi connectivity index (χ1v) is 7.94. The van der Waals surface area contributed by atoms with Gasteiger partial charge >= 0.3 is 0 Å². The number of imide groups is 1. The number of benzene rings is 1. The van der Waals surface area contributed by atoms with Crippen LogP contribution in [0.1, 0.15) is 26.2 Å². The highest BCUT2D eigenvalue weighted by atomic mass is 16.6. The number of rotatable bonds is 3. The highest BCUT2D eigenvalue weighted by Crippen LogP contribution is 2.31. The number of quaternary nitrogens is 1. The van der Waals surface area contributed by atoms with Gasteiger partial charge in [0.25, 0.3) is 11.6 Å². The lowest BCUT2D eigenvalue weighted by Gasteiger charge is -2.30. The Balaban J connectivity index is 1.86. The summed E-state index contributed by atoms with van der Waals surface area (Å²) in [6, 6.07) is 5.50. The van der Waals surface area contributed by atoms with Crippen molar-refractivity contribution in [3.8, 4) is 0 Å². The van der Waals surface area contributed by atoms with E-state index in [9.17, 15) is 19.7 Å². The van der Waals surface area contributed by atoms with E-state index in [1.807, 2.05) is 0 Å². The van der Waals surface area contributed by atoms with Gasteiger partial charge in [-0.2, -0.15) is 0 Å². The molecule has 2 fully saturated rings. The predicted octanol–water partition coefficient (Wildman–Crippen LogP) is 0.542. The fourth-order valence-electron chi connectivity index (χ4n) is 3.49. The summed E-state index contributed by atoms with van der Waals surface area (Å²) in [4.78, 5) is 37.8. The van der Waals surface area contributed by atoms with Gasteiger partial charge in [-0.05, 0) is 24.8 Å². The Morgan fingerprint density at radius 1 is 1.22 bits per heavy atom. The maximum atomic E-state index is 12.7. The molecule has 2 saturated heterocycles. The number of carbonyl (C=O) groups is 2. The summed E-state index contributed by atoms with van der Waals surface area (Å²) >= 11 is 0. The number of piperidine rings is 1. The molecule has 2 aliphatic heterocycles. The predicted molar refractivity (Wildman–Crippen MR) is 83.1 cm³/mol. The summed E-state index contributed by atoms with van der Waals surface area (Å²) in [6.07, 6.45) is 2.21. The van der Waals surface area contributed by atoms with E-state index in [4.69, 9.17) is 0 Å². The van der Waals surface area contributed by atoms with E-state index in [-0.39, 0.29) is 29.6 Å². The lowest BCUT2D eigenvalue weighted by atomic mass is 9.97. The van der Waals surface area contributed by atoms with Crippen LogP contribution < -0.4 is 9.80 Å². The van der Waals surface area contributed by atoms with E-state index in [1.54, 1.807) is 6.07 Å². The number of anilines is 1. The molecule has 1 atom stereocenters. The van der Waals surface area contributed by atoms with Crippen LogP contribution in [0.15, 0.2) is 24.3 Å². The van der Waals surface area contributed by atoms with Crippen LogP contribution in [-0.2, 0) is 9.59 Å². The number of para-hydroxylation sites is 2. The second-order valence-electron chi connectivity index (χ2n) is 6.41. The second kappa shape index (κ2) is 6.08. The Hall–Kier alpha value is -2.28. The average molecular weight is 318 g/mol. The first-order valence-electron chi connectivity index (χ1n) is 7.94. The van der Waals surface area contributed by atoms with Crippen molar-refractivity contribution in [3.05, 3.63) is 34.4 Å². The van der Waals surface area contributed by atoms with Crippen molar-refractivity contribution >= 4 is 23.2 Å². The Labute approximate surface area is 134 Å². The molecule has 3 rings (SSSR count). The van der Waals surface area contributed by atoms with Gasteiger partial charge in [-0.25, -0.2) is 4.90 Å². The molecule has 23 heavy (non-hydrogen) atoms. The molecule has 2 amide bonds. The van der Waals surface area contributed by atoms with Crippen LogP contribution in [0.25, 0.3) is 0 Å². The number of nitrogens with zero attached hydrogens (tertiary/aromatic N) is 2. The molecule has 0 saturated carbocycles. The van der Waals surface area contributed by atoms with Gasteiger partial charge in [-0.15, -0.1) is 0 Å². The van der Waals surface area contributed by atoms with Gasteiger partial charge in [-0.1, -0.05) is 19.1 Å². The average Bonchev–Trinajstić information content (AvgIpc) is 2.83. The van der Waals surface area contributed by atoms with Crippen molar-refractivity contribution in [1.29, 1.82) is 0 Å². The minimum absolute atomic E-state index is 0.0831. The molecule has 0 bridgehead atoms. The monoisotopic (exact) mass is 318 g/mol. The lowest BCUT2D eigenvalue weighted by molar-refractivity contribution is -0.920. The van der Waals surface area contributed by atoms with Gasteiger partial charge in [0.1, 0.15) is 5.69 Å². The van der Waals surface area contributed by atoms with Crippen LogP contribution in [0.5, 0.6) is 0 Å². The first kappa shape index (κ1) is 15.6. The Bertz CT molecular complexity index is 652. The summed E-state index contributed by atoms with van der Waals surface area (Å²) < 4.78 is 0. The quantitative estimate of drug-likeness (QED) is 0.501. The molecule has 2 aliphatic rings. The molecule has 1 aromatic rings. The van der Waals surface area contributed by atoms with Crippen molar-refractivity contribution < 1.29 is 19.4 Å². The largest absolute Gasteiger partial charge is 0.324 e. The van der Waals surface area contributed by atoms with E-state index >= 15 is 0 Å². The van der Waals surface area contributed by atoms with E-state index in [0.29, 0.717) is 5.92 Å². The summed E-state index contributed by atoms with van der Waals surface area (Å²) in [5.74, 6) is -0.00783.